The number of nitrogens with zero attached hydrogens (tertiary/aromatic N) is 1. The molecular weight excluding hydrogens is 226 g/mol. The van der Waals surface area contributed by atoms with Gasteiger partial charge in [0.1, 0.15) is 0 Å². The molecule has 1 aromatic heterocycles. The van der Waals surface area contributed by atoms with Gasteiger partial charge in [-0.25, -0.2) is 0 Å². The molecule has 0 aliphatic rings. The zero-order valence-corrected chi connectivity index (χ0v) is 10.8. The Morgan fingerprint density at radius 1 is 1.44 bits per heavy atom. The van der Waals surface area contributed by atoms with Crippen molar-refractivity contribution in [1.29, 1.82) is 0 Å². The van der Waals surface area contributed by atoms with Gasteiger partial charge in [-0.2, -0.15) is 0 Å². The number of hydrogen-bond acceptors (Lipinski definition) is 2. The summed E-state index contributed by atoms with van der Waals surface area (Å²) >= 11 is 0. The first kappa shape index (κ1) is 12.6. The highest BCUT2D eigenvalue weighted by Gasteiger charge is 2.08. The molecule has 4 nitrogen and oxygen atoms in total. The summed E-state index contributed by atoms with van der Waals surface area (Å²) in [5.74, 6) is -0.00191. The summed E-state index contributed by atoms with van der Waals surface area (Å²) in [5, 5.41) is 4.09. The fraction of sp³-hybridized carbons (Fsp3) is 0.357. The molecule has 0 bridgehead atoms. The molecule has 0 saturated heterocycles. The monoisotopic (exact) mass is 245 g/mol. The van der Waals surface area contributed by atoms with Crippen LogP contribution in [-0.4, -0.2) is 16.5 Å². The minimum atomic E-state index is -0.0995. The number of fused-ring (bicyclic) bond motifs is 1. The summed E-state index contributed by atoms with van der Waals surface area (Å²) < 4.78 is 2.07. The van der Waals surface area contributed by atoms with Crippen LogP contribution in [0.4, 0.5) is 0 Å². The molecule has 2 aromatic rings. The van der Waals surface area contributed by atoms with Gasteiger partial charge in [0.2, 0.25) is 5.91 Å². The van der Waals surface area contributed by atoms with Crippen molar-refractivity contribution in [1.82, 2.24) is 9.88 Å². The van der Waals surface area contributed by atoms with Crippen molar-refractivity contribution in [3.8, 4) is 0 Å². The first-order valence-electron chi connectivity index (χ1n) is 6.13. The van der Waals surface area contributed by atoms with Gasteiger partial charge in [0.05, 0.1) is 0 Å². The molecule has 0 fully saturated rings. The predicted octanol–water partition coefficient (Wildman–Crippen LogP) is 1.53. The van der Waals surface area contributed by atoms with Gasteiger partial charge in [0.25, 0.3) is 0 Å². The maximum atomic E-state index is 11.6. The number of amides is 1. The van der Waals surface area contributed by atoms with Gasteiger partial charge >= 0.3 is 0 Å². The molecule has 0 spiro atoms. The maximum absolute atomic E-state index is 11.6. The lowest BCUT2D eigenvalue weighted by atomic mass is 10.1. The molecule has 0 aliphatic carbocycles. The normalized spacial score (nSPS) is 12.6. The Morgan fingerprint density at radius 3 is 2.89 bits per heavy atom. The lowest BCUT2D eigenvalue weighted by Crippen LogP contribution is -2.29. The van der Waals surface area contributed by atoms with Crippen LogP contribution in [0.2, 0.25) is 0 Å². The fourth-order valence-corrected chi connectivity index (χ4v) is 2.12. The van der Waals surface area contributed by atoms with Crippen molar-refractivity contribution >= 4 is 16.8 Å². The van der Waals surface area contributed by atoms with Crippen molar-refractivity contribution in [2.24, 2.45) is 12.8 Å². The number of aromatic nitrogens is 1. The topological polar surface area (TPSA) is 60.1 Å². The number of nitrogens with two attached hydrogens (primary N) is 1. The van der Waals surface area contributed by atoms with E-state index < -0.39 is 0 Å². The highest BCUT2D eigenvalue weighted by molar-refractivity contribution is 5.84. The molecule has 1 amide bonds. The number of carbonyl (C=O) groups excluding carboxylic acids is 1. The second-order valence-electron chi connectivity index (χ2n) is 4.74. The zero-order chi connectivity index (χ0) is 13.1. The Kier molecular flexibility index (Phi) is 3.67. The molecule has 1 atom stereocenters. The summed E-state index contributed by atoms with van der Waals surface area (Å²) in [6, 6.07) is 8.07. The van der Waals surface area contributed by atoms with Crippen LogP contribution < -0.4 is 11.1 Å². The highest BCUT2D eigenvalue weighted by Crippen LogP contribution is 2.19. The molecule has 96 valence electrons. The Labute approximate surface area is 107 Å². The van der Waals surface area contributed by atoms with Gasteiger partial charge in [-0.15, -0.1) is 0 Å². The number of aryl methyl sites for hydroxylation is 1. The molecule has 0 radical (unpaired) electrons. The summed E-state index contributed by atoms with van der Waals surface area (Å²) in [5.41, 5.74) is 7.90. The maximum Gasteiger partial charge on any atom is 0.221 e. The van der Waals surface area contributed by atoms with E-state index in [0.717, 1.165) is 5.56 Å². The molecule has 0 aliphatic heterocycles. The van der Waals surface area contributed by atoms with Crippen LogP contribution in [0, 0.1) is 0 Å². The molecular formula is C14H19N3O. The van der Waals surface area contributed by atoms with E-state index in [4.69, 9.17) is 5.73 Å². The van der Waals surface area contributed by atoms with E-state index in [1.54, 1.807) is 0 Å². The van der Waals surface area contributed by atoms with Crippen molar-refractivity contribution in [3.63, 3.8) is 0 Å². The van der Waals surface area contributed by atoms with Gasteiger partial charge < -0.3 is 15.6 Å². The molecule has 18 heavy (non-hydrogen) atoms. The fourth-order valence-electron chi connectivity index (χ4n) is 2.12. The Morgan fingerprint density at radius 2 is 2.17 bits per heavy atom. The molecule has 1 aromatic carbocycles. The van der Waals surface area contributed by atoms with E-state index in [-0.39, 0.29) is 11.9 Å². The quantitative estimate of drug-likeness (QED) is 0.858. The average Bonchev–Trinajstić information content (AvgIpc) is 2.64. The van der Waals surface area contributed by atoms with E-state index in [0.29, 0.717) is 13.0 Å². The second-order valence-corrected chi connectivity index (χ2v) is 4.74. The van der Waals surface area contributed by atoms with Crippen LogP contribution in [0.1, 0.15) is 18.9 Å². The molecule has 2 rings (SSSR count). The summed E-state index contributed by atoms with van der Waals surface area (Å²) in [4.78, 5) is 11.6. The summed E-state index contributed by atoms with van der Waals surface area (Å²) in [6.45, 7) is 2.38. The van der Waals surface area contributed by atoms with Gasteiger partial charge in [0, 0.05) is 43.2 Å². The first-order valence-corrected chi connectivity index (χ1v) is 6.13. The summed E-state index contributed by atoms with van der Waals surface area (Å²) in [6.07, 6.45) is 2.42. The van der Waals surface area contributed by atoms with E-state index in [1.165, 1.54) is 10.9 Å². The Hall–Kier alpha value is -1.81. The first-order chi connectivity index (χ1) is 8.58. The van der Waals surface area contributed by atoms with Gasteiger partial charge in [-0.05, 0) is 18.6 Å². The van der Waals surface area contributed by atoms with E-state index in [2.05, 4.69) is 28.2 Å². The molecule has 4 heteroatoms. The third-order valence-electron chi connectivity index (χ3n) is 2.96. The number of nitrogens with one attached hydrogen (secondary N) is 1. The summed E-state index contributed by atoms with van der Waals surface area (Å²) in [7, 11) is 2.01. The Bertz CT molecular complexity index is 557. The van der Waals surface area contributed by atoms with Crippen molar-refractivity contribution < 1.29 is 4.79 Å². The van der Waals surface area contributed by atoms with E-state index >= 15 is 0 Å². The van der Waals surface area contributed by atoms with E-state index in [9.17, 15) is 4.79 Å². The van der Waals surface area contributed by atoms with Crippen molar-refractivity contribution in [3.05, 3.63) is 36.0 Å². The lowest BCUT2D eigenvalue weighted by Gasteiger charge is -2.06. The highest BCUT2D eigenvalue weighted by atomic mass is 16.1. The van der Waals surface area contributed by atoms with Crippen LogP contribution in [-0.2, 0) is 18.4 Å². The number of para-hydroxylation sites is 1. The van der Waals surface area contributed by atoms with Crippen LogP contribution in [0.5, 0.6) is 0 Å². The minimum absolute atomic E-state index is 0.00191. The van der Waals surface area contributed by atoms with Crippen molar-refractivity contribution in [2.75, 3.05) is 0 Å². The van der Waals surface area contributed by atoms with Crippen LogP contribution in [0.3, 0.4) is 0 Å². The molecule has 3 N–H and O–H groups in total. The van der Waals surface area contributed by atoms with Crippen LogP contribution in [0.15, 0.2) is 30.5 Å². The number of rotatable bonds is 4. The second kappa shape index (κ2) is 5.23. The number of benzene rings is 1. The number of carbonyl (C=O) groups is 1. The average molecular weight is 245 g/mol. The largest absolute Gasteiger partial charge is 0.352 e. The third kappa shape index (κ3) is 2.71. The third-order valence-corrected chi connectivity index (χ3v) is 2.96. The zero-order valence-electron chi connectivity index (χ0n) is 10.8. The standard InChI is InChI=1S/C14H19N3O/c1-10(15)7-14(18)16-8-11-9-17(2)13-6-4-3-5-12(11)13/h3-6,9-10H,7-8,15H2,1-2H3,(H,16,18). The molecule has 1 heterocycles. The van der Waals surface area contributed by atoms with Gasteiger partial charge in [-0.3, -0.25) is 4.79 Å². The lowest BCUT2D eigenvalue weighted by molar-refractivity contribution is -0.121. The van der Waals surface area contributed by atoms with E-state index in [1.807, 2.05) is 26.1 Å². The van der Waals surface area contributed by atoms with Gasteiger partial charge in [-0.1, -0.05) is 18.2 Å². The van der Waals surface area contributed by atoms with Crippen LogP contribution in [0.25, 0.3) is 10.9 Å². The van der Waals surface area contributed by atoms with Crippen LogP contribution >= 0.6 is 0 Å². The number of hydrogen-bond donors (Lipinski definition) is 2. The molecule has 0 saturated carbocycles. The smallest absolute Gasteiger partial charge is 0.221 e. The van der Waals surface area contributed by atoms with Gasteiger partial charge in [0.15, 0.2) is 0 Å². The van der Waals surface area contributed by atoms with Crippen molar-refractivity contribution in [2.45, 2.75) is 25.9 Å². The SMILES string of the molecule is CC(N)CC(=O)NCc1cn(C)c2ccccc12. The molecule has 1 unspecified atom stereocenters. The Balaban J connectivity index is 2.10. The minimum Gasteiger partial charge on any atom is -0.352 e. The predicted molar refractivity (Wildman–Crippen MR) is 73.0 cm³/mol.